The van der Waals surface area contributed by atoms with Crippen molar-refractivity contribution in [1.82, 2.24) is 15.1 Å². The average molecular weight is 450 g/mol. The van der Waals surface area contributed by atoms with Crippen LogP contribution in [-0.2, 0) is 23.9 Å². The molecule has 4 rings (SSSR count). The summed E-state index contributed by atoms with van der Waals surface area (Å²) >= 11 is 1.50. The van der Waals surface area contributed by atoms with Crippen LogP contribution in [0.15, 0.2) is 24.3 Å². The van der Waals surface area contributed by atoms with Crippen LogP contribution in [0, 0.1) is 0 Å². The summed E-state index contributed by atoms with van der Waals surface area (Å²) in [5.41, 5.74) is -0.0618. The number of phenols is 1. The Labute approximate surface area is 185 Å². The standard InChI is InChI=1S/C21H27N3O6S/c1-20(2)15(19(28)30-10-29-5)23-17(27)14(18(23)31-20)24-16(26)13(22-21(24,3)4)11-6-8-12(25)9-7-11/h6-9,13-15,18,22,25H,10H2,1-5H3/t13-,14-,15+,18-/m1/s1. The number of rotatable bonds is 5. The number of methoxy groups -OCH3 is 1. The first kappa shape index (κ1) is 21.9. The van der Waals surface area contributed by atoms with E-state index in [0.29, 0.717) is 5.56 Å². The van der Waals surface area contributed by atoms with E-state index in [1.165, 1.54) is 35.9 Å². The van der Waals surface area contributed by atoms with Crippen LogP contribution in [0.3, 0.4) is 0 Å². The summed E-state index contributed by atoms with van der Waals surface area (Å²) in [6, 6.07) is 4.39. The molecular formula is C21H27N3O6S. The van der Waals surface area contributed by atoms with Gasteiger partial charge in [0.05, 0.1) is 5.66 Å². The number of nitrogens with zero attached hydrogens (tertiary/aromatic N) is 2. The lowest BCUT2D eigenvalue weighted by atomic mass is 9.94. The molecule has 168 valence electrons. The average Bonchev–Trinajstić information content (AvgIpc) is 3.09. The van der Waals surface area contributed by atoms with Crippen molar-refractivity contribution in [2.75, 3.05) is 13.9 Å². The number of carbonyl (C=O) groups is 3. The number of hydrogen-bond acceptors (Lipinski definition) is 8. The number of aromatic hydroxyl groups is 1. The van der Waals surface area contributed by atoms with E-state index in [1.54, 1.807) is 17.0 Å². The summed E-state index contributed by atoms with van der Waals surface area (Å²) < 4.78 is 9.39. The Morgan fingerprint density at radius 1 is 1.16 bits per heavy atom. The van der Waals surface area contributed by atoms with E-state index in [-0.39, 0.29) is 29.7 Å². The molecule has 0 radical (unpaired) electrons. The zero-order valence-electron chi connectivity index (χ0n) is 18.1. The van der Waals surface area contributed by atoms with Crippen molar-refractivity contribution < 1.29 is 29.0 Å². The van der Waals surface area contributed by atoms with Crippen LogP contribution in [0.25, 0.3) is 0 Å². The molecule has 0 saturated carbocycles. The van der Waals surface area contributed by atoms with E-state index in [4.69, 9.17) is 9.47 Å². The number of benzene rings is 1. The summed E-state index contributed by atoms with van der Waals surface area (Å²) in [6.07, 6.45) is 0. The molecule has 4 atom stereocenters. The van der Waals surface area contributed by atoms with Crippen LogP contribution in [-0.4, -0.2) is 74.5 Å². The van der Waals surface area contributed by atoms with Crippen molar-refractivity contribution in [3.8, 4) is 5.75 Å². The number of carbonyl (C=O) groups excluding carboxylic acids is 3. The molecule has 3 aliphatic rings. The van der Waals surface area contributed by atoms with Gasteiger partial charge in [0.25, 0.3) is 0 Å². The van der Waals surface area contributed by atoms with E-state index in [2.05, 4.69) is 5.32 Å². The minimum atomic E-state index is -0.772. The van der Waals surface area contributed by atoms with Crippen LogP contribution in [0.4, 0.5) is 0 Å². The second-order valence-electron chi connectivity index (χ2n) is 9.01. The summed E-state index contributed by atoms with van der Waals surface area (Å²) in [4.78, 5) is 42.4. The first-order valence-electron chi connectivity index (χ1n) is 10.0. The van der Waals surface area contributed by atoms with Crippen LogP contribution in [0.1, 0.15) is 39.3 Å². The smallest absolute Gasteiger partial charge is 0.332 e. The van der Waals surface area contributed by atoms with Gasteiger partial charge in [-0.3, -0.25) is 14.9 Å². The fraction of sp³-hybridized carbons (Fsp3) is 0.571. The van der Waals surface area contributed by atoms with Crippen molar-refractivity contribution >= 4 is 29.5 Å². The molecular weight excluding hydrogens is 422 g/mol. The fourth-order valence-corrected chi connectivity index (χ4v) is 6.35. The largest absolute Gasteiger partial charge is 0.508 e. The van der Waals surface area contributed by atoms with Gasteiger partial charge in [-0.1, -0.05) is 12.1 Å². The van der Waals surface area contributed by atoms with Crippen molar-refractivity contribution in [2.24, 2.45) is 0 Å². The molecule has 3 heterocycles. The van der Waals surface area contributed by atoms with E-state index in [1.807, 2.05) is 27.7 Å². The molecule has 0 unspecified atom stereocenters. The normalized spacial score (nSPS) is 30.9. The number of phenolic OH excluding ortho intramolecular Hbond substituents is 1. The number of nitrogens with one attached hydrogen (secondary N) is 1. The highest BCUT2D eigenvalue weighted by atomic mass is 32.2. The third-order valence-corrected chi connectivity index (χ3v) is 7.60. The molecule has 9 nitrogen and oxygen atoms in total. The van der Waals surface area contributed by atoms with Gasteiger partial charge in [0, 0.05) is 11.9 Å². The molecule has 3 saturated heterocycles. The number of fused-ring (bicyclic) bond motifs is 1. The maximum Gasteiger partial charge on any atom is 0.332 e. The zero-order chi connectivity index (χ0) is 22.7. The second kappa shape index (κ2) is 7.39. The number of esters is 1. The Morgan fingerprint density at radius 3 is 2.42 bits per heavy atom. The first-order chi connectivity index (χ1) is 14.5. The maximum absolute atomic E-state index is 13.4. The first-order valence-corrected chi connectivity index (χ1v) is 10.9. The van der Waals surface area contributed by atoms with Crippen LogP contribution >= 0.6 is 11.8 Å². The predicted octanol–water partition coefficient (Wildman–Crippen LogP) is 1.18. The summed E-state index contributed by atoms with van der Waals surface area (Å²) in [5, 5.41) is 12.5. The minimum Gasteiger partial charge on any atom is -0.508 e. The Hall–Kier alpha value is -2.30. The van der Waals surface area contributed by atoms with E-state index in [9.17, 15) is 19.5 Å². The highest BCUT2D eigenvalue weighted by molar-refractivity contribution is 8.01. The van der Waals surface area contributed by atoms with Gasteiger partial charge < -0.3 is 24.4 Å². The van der Waals surface area contributed by atoms with Gasteiger partial charge in [-0.05, 0) is 45.4 Å². The quantitative estimate of drug-likeness (QED) is 0.392. The highest BCUT2D eigenvalue weighted by Crippen LogP contribution is 2.54. The SMILES string of the molecule is COCOC(=O)[C@@H]1N2C(=O)[C@@H](N3C(=O)[C@@H](c4ccc(O)cc4)NC3(C)C)[C@H]2SC1(C)C. The summed E-state index contributed by atoms with van der Waals surface area (Å²) in [5.74, 6) is -0.874. The molecule has 1 aromatic carbocycles. The molecule has 0 aromatic heterocycles. The lowest BCUT2D eigenvalue weighted by Crippen LogP contribution is -2.73. The molecule has 2 N–H and O–H groups in total. The Kier molecular flexibility index (Phi) is 5.22. The van der Waals surface area contributed by atoms with Gasteiger partial charge in [-0.15, -0.1) is 11.8 Å². The highest BCUT2D eigenvalue weighted by Gasteiger charge is 2.68. The van der Waals surface area contributed by atoms with Crippen molar-refractivity contribution in [2.45, 2.75) is 61.6 Å². The topological polar surface area (TPSA) is 108 Å². The van der Waals surface area contributed by atoms with E-state index >= 15 is 0 Å². The lowest BCUT2D eigenvalue weighted by Gasteiger charge is -2.50. The van der Waals surface area contributed by atoms with Crippen molar-refractivity contribution in [3.05, 3.63) is 29.8 Å². The van der Waals surface area contributed by atoms with E-state index in [0.717, 1.165) is 0 Å². The molecule has 31 heavy (non-hydrogen) atoms. The molecule has 3 aliphatic heterocycles. The van der Waals surface area contributed by atoms with Gasteiger partial charge in [-0.25, -0.2) is 4.79 Å². The Bertz CT molecular complexity index is 918. The van der Waals surface area contributed by atoms with Gasteiger partial charge >= 0.3 is 5.97 Å². The predicted molar refractivity (Wildman–Crippen MR) is 113 cm³/mol. The van der Waals surface area contributed by atoms with Crippen LogP contribution in [0.2, 0.25) is 0 Å². The van der Waals surface area contributed by atoms with Crippen molar-refractivity contribution in [3.63, 3.8) is 0 Å². The van der Waals surface area contributed by atoms with Gasteiger partial charge in [0.1, 0.15) is 29.2 Å². The van der Waals surface area contributed by atoms with Crippen molar-refractivity contribution in [1.29, 1.82) is 0 Å². The number of thioether (sulfide) groups is 1. The molecule has 3 fully saturated rings. The lowest BCUT2D eigenvalue weighted by molar-refractivity contribution is -0.176. The second-order valence-corrected chi connectivity index (χ2v) is 10.8. The Balaban J connectivity index is 1.59. The number of hydrogen-bond donors (Lipinski definition) is 2. The fourth-order valence-electron chi connectivity index (χ4n) is 4.68. The third-order valence-electron chi connectivity index (χ3n) is 6.04. The Morgan fingerprint density at radius 2 is 1.81 bits per heavy atom. The van der Waals surface area contributed by atoms with Crippen LogP contribution in [0.5, 0.6) is 5.75 Å². The summed E-state index contributed by atoms with van der Waals surface area (Å²) in [6.45, 7) is 7.33. The summed E-state index contributed by atoms with van der Waals surface area (Å²) in [7, 11) is 1.42. The minimum absolute atomic E-state index is 0.117. The maximum atomic E-state index is 13.4. The monoisotopic (exact) mass is 449 g/mol. The van der Waals surface area contributed by atoms with Gasteiger partial charge in [-0.2, -0.15) is 0 Å². The third kappa shape index (κ3) is 3.37. The van der Waals surface area contributed by atoms with Gasteiger partial charge in [0.15, 0.2) is 6.79 Å². The molecule has 0 aliphatic carbocycles. The van der Waals surface area contributed by atoms with E-state index < -0.39 is 34.5 Å². The molecule has 1 aromatic rings. The number of ether oxygens (including phenoxy) is 2. The van der Waals surface area contributed by atoms with Gasteiger partial charge in [0.2, 0.25) is 11.8 Å². The number of amides is 2. The number of β-lactam (4-membered cyclic amide) rings is 1. The molecule has 0 spiro atoms. The zero-order valence-corrected chi connectivity index (χ0v) is 18.9. The molecule has 2 amide bonds. The molecule has 0 bridgehead atoms. The van der Waals surface area contributed by atoms with Crippen LogP contribution < -0.4 is 5.32 Å². The molecule has 10 heteroatoms.